The molecule has 0 aliphatic heterocycles. The second-order valence-electron chi connectivity index (χ2n) is 16.4. The fourth-order valence-electron chi connectivity index (χ4n) is 9.38. The molecule has 0 amide bonds. The van der Waals surface area contributed by atoms with Gasteiger partial charge >= 0.3 is 0 Å². The summed E-state index contributed by atoms with van der Waals surface area (Å²) in [6.07, 6.45) is 0. The van der Waals surface area contributed by atoms with Crippen LogP contribution in [0.4, 0.5) is 35.1 Å². The van der Waals surface area contributed by atoms with Gasteiger partial charge in [-0.3, -0.25) is 0 Å². The van der Waals surface area contributed by atoms with Crippen LogP contribution in [-0.4, -0.2) is 16.1 Å². The van der Waals surface area contributed by atoms with Crippen molar-refractivity contribution in [1.82, 2.24) is 0 Å². The number of benzene rings is 5. The summed E-state index contributed by atoms with van der Waals surface area (Å²) in [4.78, 5) is 0. The smallest absolute Gasteiger partial charge is 0.198 e. The lowest BCUT2D eigenvalue weighted by Gasteiger charge is -2.38. The minimum absolute atomic E-state index is 0.155. The summed E-state index contributed by atoms with van der Waals surface area (Å²) >= 11 is 0. The van der Waals surface area contributed by atoms with Crippen LogP contribution < -0.4 is 0 Å². The van der Waals surface area contributed by atoms with Crippen LogP contribution in [0.5, 0.6) is 0 Å². The molecule has 286 valence electrons. The van der Waals surface area contributed by atoms with Gasteiger partial charge in [-0.05, 0) is 79.1 Å². The van der Waals surface area contributed by atoms with E-state index in [0.29, 0.717) is 0 Å². The molecule has 0 bridgehead atoms. The van der Waals surface area contributed by atoms with Crippen LogP contribution in [-0.2, 0) is 0 Å². The SMILES string of the molecule is CC(C)[Si](C#Cc1c2cc3c(F)c(F)c(F)c(F)c3cc2c(C#C[Si](C(C)C)(C(C)C)C(C)C)c2cc3c(F)c(F)c(F)c(F)c3cc12)(C(C)C)C(C)C. The standard InChI is InChI=1S/C44H46F8Si2/c1-21(2)53(22(3)4,23(5)6)15-13-27-29-17-33-35(39(47)43(51)41(49)37(33)45)19-31(29)28(14-16-54(24(7)8,25(9)10)26(11)12)32-20-36-34(18-30(27)32)38(46)42(50)44(52)40(36)48/h17-26H,1-12H3. The van der Waals surface area contributed by atoms with Gasteiger partial charge in [-0.15, -0.1) is 11.1 Å². The molecule has 0 unspecified atom stereocenters. The zero-order chi connectivity index (χ0) is 40.5. The number of hydrogen-bond acceptors (Lipinski definition) is 0. The third-order valence-electron chi connectivity index (χ3n) is 12.0. The molecule has 0 nitrogen and oxygen atoms in total. The third-order valence-corrected chi connectivity index (χ3v) is 24.6. The van der Waals surface area contributed by atoms with E-state index >= 15 is 17.6 Å². The van der Waals surface area contributed by atoms with Gasteiger partial charge in [0.1, 0.15) is 16.1 Å². The summed E-state index contributed by atoms with van der Waals surface area (Å²) in [6.45, 7) is 25.1. The Bertz CT molecular complexity index is 2140. The zero-order valence-corrected chi connectivity index (χ0v) is 34.8. The fraction of sp³-hybridized carbons (Fsp3) is 0.409. The summed E-state index contributed by atoms with van der Waals surface area (Å²) in [5, 5.41) is -1.48. The van der Waals surface area contributed by atoms with E-state index in [0.717, 1.165) is 0 Å². The Balaban J connectivity index is 2.20. The van der Waals surface area contributed by atoms with Crippen LogP contribution in [0.3, 0.4) is 0 Å². The third kappa shape index (κ3) is 6.12. The predicted octanol–water partition coefficient (Wildman–Crippen LogP) is 14.6. The lowest BCUT2D eigenvalue weighted by atomic mass is 9.88. The van der Waals surface area contributed by atoms with Crippen LogP contribution in [0.15, 0.2) is 24.3 Å². The zero-order valence-electron chi connectivity index (χ0n) is 32.8. The van der Waals surface area contributed by atoms with E-state index < -0.39 is 84.2 Å². The van der Waals surface area contributed by atoms with Crippen molar-refractivity contribution in [1.29, 1.82) is 0 Å². The van der Waals surface area contributed by atoms with Crippen molar-refractivity contribution >= 4 is 59.2 Å². The topological polar surface area (TPSA) is 0 Å². The Hall–Kier alpha value is -3.87. The van der Waals surface area contributed by atoms with Crippen LogP contribution in [0, 0.1) is 69.5 Å². The minimum Gasteiger partial charge on any atom is -0.203 e. The second-order valence-corrected chi connectivity index (χ2v) is 27.6. The maximum absolute atomic E-state index is 15.6. The monoisotopic (exact) mass is 782 g/mol. The molecule has 5 aromatic rings. The summed E-state index contributed by atoms with van der Waals surface area (Å²) in [5.41, 5.74) is 8.49. The molecule has 0 aromatic heterocycles. The molecule has 10 heteroatoms. The van der Waals surface area contributed by atoms with Gasteiger partial charge in [0.25, 0.3) is 0 Å². The van der Waals surface area contributed by atoms with Crippen LogP contribution in [0.1, 0.15) is 94.2 Å². The van der Waals surface area contributed by atoms with Crippen molar-refractivity contribution in [3.8, 4) is 22.9 Å². The summed E-state index contributed by atoms with van der Waals surface area (Å²) in [7, 11) is -5.05. The Labute approximate surface area is 314 Å². The van der Waals surface area contributed by atoms with Gasteiger partial charge in [0.15, 0.2) is 46.5 Å². The van der Waals surface area contributed by atoms with Crippen LogP contribution in [0.2, 0.25) is 33.2 Å². The molecular weight excluding hydrogens is 737 g/mol. The first-order valence-corrected chi connectivity index (χ1v) is 22.9. The van der Waals surface area contributed by atoms with E-state index in [9.17, 15) is 17.6 Å². The van der Waals surface area contributed by atoms with Crippen molar-refractivity contribution in [3.63, 3.8) is 0 Å². The summed E-state index contributed by atoms with van der Waals surface area (Å²) in [5.74, 6) is -7.73. The maximum Gasteiger partial charge on any atom is 0.198 e. The van der Waals surface area contributed by atoms with E-state index in [1.54, 1.807) is 0 Å². The van der Waals surface area contributed by atoms with Crippen molar-refractivity contribution in [2.75, 3.05) is 0 Å². The molecule has 5 rings (SSSR count). The molecule has 0 heterocycles. The molecule has 0 fully saturated rings. The quantitative estimate of drug-likeness (QED) is 0.0402. The number of rotatable bonds is 6. The van der Waals surface area contributed by atoms with E-state index in [-0.39, 0.29) is 65.9 Å². The highest BCUT2D eigenvalue weighted by Gasteiger charge is 2.43. The van der Waals surface area contributed by atoms with Gasteiger partial charge in [-0.25, -0.2) is 35.1 Å². The Kier molecular flexibility index (Phi) is 11.2. The average molecular weight is 783 g/mol. The first kappa shape index (κ1) is 41.3. The van der Waals surface area contributed by atoms with E-state index in [1.807, 2.05) is 0 Å². The first-order valence-electron chi connectivity index (χ1n) is 18.5. The van der Waals surface area contributed by atoms with Gasteiger partial charge in [0.2, 0.25) is 0 Å². The molecular formula is C44H46F8Si2. The normalized spacial score (nSPS) is 12.8. The van der Waals surface area contributed by atoms with Gasteiger partial charge in [-0.1, -0.05) is 94.9 Å². The van der Waals surface area contributed by atoms with Crippen LogP contribution >= 0.6 is 0 Å². The lowest BCUT2D eigenvalue weighted by molar-refractivity contribution is 0.418. The average Bonchev–Trinajstić information content (AvgIpc) is 3.10. The van der Waals surface area contributed by atoms with Gasteiger partial charge in [-0.2, -0.15) is 0 Å². The summed E-state index contributed by atoms with van der Waals surface area (Å²) < 4.78 is 121. The molecule has 0 N–H and O–H groups in total. The maximum atomic E-state index is 15.6. The molecule has 0 aliphatic rings. The number of hydrogen-bond donors (Lipinski definition) is 0. The molecule has 0 radical (unpaired) electrons. The molecule has 0 spiro atoms. The molecule has 0 atom stereocenters. The Morgan fingerprint density at radius 2 is 0.500 bits per heavy atom. The van der Waals surface area contributed by atoms with Crippen molar-refractivity contribution in [2.45, 2.75) is 116 Å². The van der Waals surface area contributed by atoms with Crippen molar-refractivity contribution in [3.05, 3.63) is 81.9 Å². The Morgan fingerprint density at radius 1 is 0.315 bits per heavy atom. The van der Waals surface area contributed by atoms with Gasteiger partial charge in [0, 0.05) is 32.7 Å². The highest BCUT2D eigenvalue weighted by atomic mass is 28.3. The second kappa shape index (κ2) is 14.7. The van der Waals surface area contributed by atoms with E-state index in [4.69, 9.17) is 0 Å². The van der Waals surface area contributed by atoms with E-state index in [1.165, 1.54) is 24.3 Å². The summed E-state index contributed by atoms with van der Waals surface area (Å²) in [6, 6.07) is 4.75. The van der Waals surface area contributed by atoms with Crippen molar-refractivity contribution in [2.24, 2.45) is 0 Å². The van der Waals surface area contributed by atoms with E-state index in [2.05, 4.69) is 106 Å². The van der Waals surface area contributed by atoms with Crippen molar-refractivity contribution < 1.29 is 35.1 Å². The molecule has 0 saturated heterocycles. The van der Waals surface area contributed by atoms with Gasteiger partial charge in [0.05, 0.1) is 0 Å². The largest absolute Gasteiger partial charge is 0.203 e. The lowest BCUT2D eigenvalue weighted by Crippen LogP contribution is -2.43. The predicted molar refractivity (Wildman–Crippen MR) is 212 cm³/mol. The first-order chi connectivity index (χ1) is 25.1. The Morgan fingerprint density at radius 3 is 0.667 bits per heavy atom. The highest BCUT2D eigenvalue weighted by molar-refractivity contribution is 6.91. The fourth-order valence-corrected chi connectivity index (χ4v) is 19.8. The number of fused-ring (bicyclic) bond motifs is 4. The molecule has 0 saturated carbocycles. The molecule has 0 aliphatic carbocycles. The minimum atomic E-state index is -2.53. The molecule has 54 heavy (non-hydrogen) atoms. The number of halogens is 8. The highest BCUT2D eigenvalue weighted by Crippen LogP contribution is 2.45. The van der Waals surface area contributed by atoms with Crippen LogP contribution in [0.25, 0.3) is 43.1 Å². The molecule has 5 aromatic carbocycles. The van der Waals surface area contributed by atoms with Gasteiger partial charge < -0.3 is 0 Å².